The van der Waals surface area contributed by atoms with Crippen molar-refractivity contribution in [3.8, 4) is 0 Å². The van der Waals surface area contributed by atoms with Gasteiger partial charge in [-0.3, -0.25) is 4.79 Å². The summed E-state index contributed by atoms with van der Waals surface area (Å²) in [6, 6.07) is 8.03. The average Bonchev–Trinajstić information content (AvgIpc) is 2.46. The predicted molar refractivity (Wildman–Crippen MR) is 85.1 cm³/mol. The van der Waals surface area contributed by atoms with Crippen LogP contribution in [0.1, 0.15) is 48.5 Å². The minimum Gasteiger partial charge on any atom is -0.339 e. The molecule has 4 heteroatoms. The van der Waals surface area contributed by atoms with Crippen LogP contribution in [-0.2, 0) is 6.54 Å². The second kappa shape index (κ2) is 7.65. The first-order chi connectivity index (χ1) is 9.11. The van der Waals surface area contributed by atoms with E-state index in [2.05, 4.69) is 6.92 Å². The molecule has 112 valence electrons. The number of carbonyl (C=O) groups is 1. The van der Waals surface area contributed by atoms with E-state index in [0.717, 1.165) is 29.9 Å². The third-order valence-electron chi connectivity index (χ3n) is 4.29. The molecular formula is C16H25ClN2O. The predicted octanol–water partition coefficient (Wildman–Crippen LogP) is 3.22. The smallest absolute Gasteiger partial charge is 0.253 e. The van der Waals surface area contributed by atoms with Crippen molar-refractivity contribution >= 4 is 18.3 Å². The Bertz CT molecular complexity index is 425. The number of carbonyl (C=O) groups excluding carboxylic acids is 1. The maximum atomic E-state index is 12.4. The van der Waals surface area contributed by atoms with Gasteiger partial charge in [0.2, 0.25) is 0 Å². The summed E-state index contributed by atoms with van der Waals surface area (Å²) in [4.78, 5) is 14.3. The van der Waals surface area contributed by atoms with Crippen molar-refractivity contribution in [1.82, 2.24) is 4.90 Å². The molecule has 1 fully saturated rings. The SMILES string of the molecule is CC1CCC(N(C)C(=O)c2ccc(CN)cc2)CC1.Cl. The van der Waals surface area contributed by atoms with Crippen LogP contribution in [-0.4, -0.2) is 23.9 Å². The highest BCUT2D eigenvalue weighted by Crippen LogP contribution is 2.27. The molecule has 1 aliphatic carbocycles. The van der Waals surface area contributed by atoms with Crippen molar-refractivity contribution in [2.45, 2.75) is 45.2 Å². The molecule has 0 aromatic heterocycles. The molecular weight excluding hydrogens is 272 g/mol. The Morgan fingerprint density at radius 1 is 1.20 bits per heavy atom. The standard InChI is InChI=1S/C16H24N2O.ClH/c1-12-3-9-15(10-4-12)18(2)16(19)14-7-5-13(11-17)6-8-14;/h5-8,12,15H,3-4,9-11,17H2,1-2H3;1H. The molecule has 20 heavy (non-hydrogen) atoms. The lowest BCUT2D eigenvalue weighted by molar-refractivity contribution is 0.0679. The second-order valence-corrected chi connectivity index (χ2v) is 5.73. The second-order valence-electron chi connectivity index (χ2n) is 5.73. The lowest BCUT2D eigenvalue weighted by Gasteiger charge is -2.33. The van der Waals surface area contributed by atoms with Gasteiger partial charge in [0.15, 0.2) is 0 Å². The highest BCUT2D eigenvalue weighted by atomic mass is 35.5. The number of hydrogen-bond donors (Lipinski definition) is 1. The Labute approximate surface area is 127 Å². The first-order valence-corrected chi connectivity index (χ1v) is 7.18. The highest BCUT2D eigenvalue weighted by molar-refractivity contribution is 5.94. The monoisotopic (exact) mass is 296 g/mol. The molecule has 1 aliphatic rings. The van der Waals surface area contributed by atoms with Crippen LogP contribution >= 0.6 is 12.4 Å². The summed E-state index contributed by atoms with van der Waals surface area (Å²) >= 11 is 0. The Morgan fingerprint density at radius 3 is 2.25 bits per heavy atom. The van der Waals surface area contributed by atoms with Gasteiger partial charge in [0.05, 0.1) is 0 Å². The lowest BCUT2D eigenvalue weighted by atomic mass is 9.86. The number of benzene rings is 1. The molecule has 1 aromatic carbocycles. The summed E-state index contributed by atoms with van der Waals surface area (Å²) < 4.78 is 0. The summed E-state index contributed by atoms with van der Waals surface area (Å²) in [5.74, 6) is 0.937. The quantitative estimate of drug-likeness (QED) is 0.931. The topological polar surface area (TPSA) is 46.3 Å². The van der Waals surface area contributed by atoms with Gasteiger partial charge in [-0.2, -0.15) is 0 Å². The molecule has 0 unspecified atom stereocenters. The first kappa shape index (κ1) is 17.0. The zero-order chi connectivity index (χ0) is 13.8. The molecule has 0 aliphatic heterocycles. The highest BCUT2D eigenvalue weighted by Gasteiger charge is 2.25. The van der Waals surface area contributed by atoms with Gasteiger partial charge in [-0.05, 0) is 49.3 Å². The van der Waals surface area contributed by atoms with Gasteiger partial charge in [-0.25, -0.2) is 0 Å². The van der Waals surface area contributed by atoms with Crippen LogP contribution < -0.4 is 5.73 Å². The van der Waals surface area contributed by atoms with E-state index in [4.69, 9.17) is 5.73 Å². The van der Waals surface area contributed by atoms with Gasteiger partial charge >= 0.3 is 0 Å². The average molecular weight is 297 g/mol. The zero-order valence-corrected chi connectivity index (χ0v) is 13.2. The minimum absolute atomic E-state index is 0. The van der Waals surface area contributed by atoms with Crippen molar-refractivity contribution in [3.05, 3.63) is 35.4 Å². The summed E-state index contributed by atoms with van der Waals surface area (Å²) in [6.07, 6.45) is 4.72. The van der Waals surface area contributed by atoms with Crippen LogP contribution in [0.4, 0.5) is 0 Å². The van der Waals surface area contributed by atoms with Crippen molar-refractivity contribution in [3.63, 3.8) is 0 Å². The molecule has 0 spiro atoms. The van der Waals surface area contributed by atoms with E-state index in [1.54, 1.807) is 0 Å². The number of rotatable bonds is 3. The Kier molecular flexibility index (Phi) is 6.50. The molecule has 2 N–H and O–H groups in total. The molecule has 0 saturated heterocycles. The lowest BCUT2D eigenvalue weighted by Crippen LogP contribution is -2.39. The Hall–Kier alpha value is -1.06. The van der Waals surface area contributed by atoms with Gasteiger partial charge in [-0.1, -0.05) is 19.1 Å². The summed E-state index contributed by atoms with van der Waals surface area (Å²) in [5.41, 5.74) is 7.39. The van der Waals surface area contributed by atoms with E-state index in [-0.39, 0.29) is 18.3 Å². The molecule has 1 aromatic rings. The third-order valence-corrected chi connectivity index (χ3v) is 4.29. The maximum absolute atomic E-state index is 12.4. The largest absolute Gasteiger partial charge is 0.339 e. The van der Waals surface area contributed by atoms with Crippen molar-refractivity contribution in [2.75, 3.05) is 7.05 Å². The van der Waals surface area contributed by atoms with Crippen LogP contribution in [0.3, 0.4) is 0 Å². The fraction of sp³-hybridized carbons (Fsp3) is 0.562. The van der Waals surface area contributed by atoms with E-state index < -0.39 is 0 Å². The summed E-state index contributed by atoms with van der Waals surface area (Å²) in [6.45, 7) is 2.81. The zero-order valence-electron chi connectivity index (χ0n) is 12.3. The van der Waals surface area contributed by atoms with Crippen LogP contribution in [0.5, 0.6) is 0 Å². The summed E-state index contributed by atoms with van der Waals surface area (Å²) in [5, 5.41) is 0. The molecule has 0 atom stereocenters. The normalized spacial score (nSPS) is 21.9. The van der Waals surface area contributed by atoms with Gasteiger partial charge in [0, 0.05) is 25.2 Å². The molecule has 2 rings (SSSR count). The summed E-state index contributed by atoms with van der Waals surface area (Å²) in [7, 11) is 1.93. The minimum atomic E-state index is 0. The van der Waals surface area contributed by atoms with E-state index in [1.165, 1.54) is 12.8 Å². The van der Waals surface area contributed by atoms with Gasteiger partial charge < -0.3 is 10.6 Å². The maximum Gasteiger partial charge on any atom is 0.253 e. The molecule has 1 saturated carbocycles. The van der Waals surface area contributed by atoms with Crippen molar-refractivity contribution in [1.29, 1.82) is 0 Å². The molecule has 0 bridgehead atoms. The van der Waals surface area contributed by atoms with Crippen molar-refractivity contribution < 1.29 is 4.79 Å². The number of hydrogen-bond acceptors (Lipinski definition) is 2. The number of nitrogens with zero attached hydrogens (tertiary/aromatic N) is 1. The number of halogens is 1. The van der Waals surface area contributed by atoms with E-state index >= 15 is 0 Å². The molecule has 0 radical (unpaired) electrons. The molecule has 1 amide bonds. The van der Waals surface area contributed by atoms with Crippen LogP contribution in [0.15, 0.2) is 24.3 Å². The first-order valence-electron chi connectivity index (χ1n) is 7.18. The van der Waals surface area contributed by atoms with Crippen LogP contribution in [0.2, 0.25) is 0 Å². The fourth-order valence-electron chi connectivity index (χ4n) is 2.78. The van der Waals surface area contributed by atoms with Gasteiger partial charge in [0.25, 0.3) is 5.91 Å². The number of nitrogens with two attached hydrogens (primary N) is 1. The van der Waals surface area contributed by atoms with Crippen molar-refractivity contribution in [2.24, 2.45) is 11.7 Å². The van der Waals surface area contributed by atoms with Gasteiger partial charge in [0.1, 0.15) is 0 Å². The van der Waals surface area contributed by atoms with Crippen LogP contribution in [0, 0.1) is 5.92 Å². The van der Waals surface area contributed by atoms with E-state index in [1.807, 2.05) is 36.2 Å². The molecule has 0 heterocycles. The Balaban J connectivity index is 0.00000200. The van der Waals surface area contributed by atoms with Crippen LogP contribution in [0.25, 0.3) is 0 Å². The number of amides is 1. The molecule has 3 nitrogen and oxygen atoms in total. The third kappa shape index (κ3) is 3.97. The van der Waals surface area contributed by atoms with E-state index in [9.17, 15) is 4.79 Å². The Morgan fingerprint density at radius 2 is 1.75 bits per heavy atom. The van der Waals surface area contributed by atoms with Gasteiger partial charge in [-0.15, -0.1) is 12.4 Å². The van der Waals surface area contributed by atoms with E-state index in [0.29, 0.717) is 12.6 Å². The fourth-order valence-corrected chi connectivity index (χ4v) is 2.78.